The van der Waals surface area contributed by atoms with E-state index in [4.69, 9.17) is 16.3 Å². The summed E-state index contributed by atoms with van der Waals surface area (Å²) in [6, 6.07) is 4.24. The van der Waals surface area contributed by atoms with Gasteiger partial charge in [-0.3, -0.25) is 0 Å². The second kappa shape index (κ2) is 5.13. The normalized spacial score (nSPS) is 23.1. The number of ether oxygens (including phenoxy) is 1. The first-order chi connectivity index (χ1) is 7.68. The summed E-state index contributed by atoms with van der Waals surface area (Å²) in [6.07, 6.45) is 0.927. The van der Waals surface area contributed by atoms with Crippen molar-refractivity contribution in [3.8, 4) is 0 Å². The standard InChI is InChI=1S/C12H14ClFO2/c13-9-3-4-11(14)10(6-9)12(15)8-2-1-5-16-7-8/h3-4,6,8,12,15H,1-2,5,7H2. The summed E-state index contributed by atoms with van der Waals surface area (Å²) in [5.74, 6) is -0.454. The summed E-state index contributed by atoms with van der Waals surface area (Å²) in [6.45, 7) is 1.20. The zero-order valence-electron chi connectivity index (χ0n) is 8.83. The van der Waals surface area contributed by atoms with Crippen LogP contribution in [0.25, 0.3) is 0 Å². The highest BCUT2D eigenvalue weighted by Crippen LogP contribution is 2.31. The second-order valence-electron chi connectivity index (χ2n) is 4.09. The third-order valence-electron chi connectivity index (χ3n) is 2.92. The van der Waals surface area contributed by atoms with E-state index < -0.39 is 11.9 Å². The Balaban J connectivity index is 2.18. The number of benzene rings is 1. The lowest BCUT2D eigenvalue weighted by Gasteiger charge is -2.27. The monoisotopic (exact) mass is 244 g/mol. The van der Waals surface area contributed by atoms with Crippen molar-refractivity contribution in [1.82, 2.24) is 0 Å². The van der Waals surface area contributed by atoms with Crippen molar-refractivity contribution in [3.05, 3.63) is 34.6 Å². The van der Waals surface area contributed by atoms with Crippen molar-refractivity contribution in [2.45, 2.75) is 18.9 Å². The SMILES string of the molecule is OC(c1cc(Cl)ccc1F)C1CCCOC1. The third-order valence-corrected chi connectivity index (χ3v) is 3.15. The van der Waals surface area contributed by atoms with Crippen LogP contribution in [0, 0.1) is 11.7 Å². The molecule has 1 aromatic rings. The highest BCUT2D eigenvalue weighted by molar-refractivity contribution is 6.30. The lowest BCUT2D eigenvalue weighted by atomic mass is 9.91. The van der Waals surface area contributed by atoms with E-state index in [9.17, 15) is 9.50 Å². The van der Waals surface area contributed by atoms with E-state index in [1.807, 2.05) is 0 Å². The summed E-state index contributed by atoms with van der Waals surface area (Å²) < 4.78 is 18.8. The number of halogens is 2. The van der Waals surface area contributed by atoms with Gasteiger partial charge in [0.15, 0.2) is 0 Å². The summed E-state index contributed by atoms with van der Waals surface area (Å²) in [7, 11) is 0. The molecule has 1 aliphatic rings. The summed E-state index contributed by atoms with van der Waals surface area (Å²) in [5.41, 5.74) is 0.267. The molecule has 1 heterocycles. The van der Waals surface area contributed by atoms with Gasteiger partial charge in [-0.25, -0.2) is 4.39 Å². The van der Waals surface area contributed by atoms with Crippen LogP contribution < -0.4 is 0 Å². The van der Waals surface area contributed by atoms with E-state index in [-0.39, 0.29) is 11.5 Å². The highest BCUT2D eigenvalue weighted by atomic mass is 35.5. The zero-order chi connectivity index (χ0) is 11.5. The van der Waals surface area contributed by atoms with Gasteiger partial charge >= 0.3 is 0 Å². The Kier molecular flexibility index (Phi) is 3.79. The van der Waals surface area contributed by atoms with Gasteiger partial charge < -0.3 is 9.84 Å². The van der Waals surface area contributed by atoms with E-state index in [1.54, 1.807) is 0 Å². The highest BCUT2D eigenvalue weighted by Gasteiger charge is 2.25. The molecule has 0 saturated carbocycles. The number of hydrogen-bond acceptors (Lipinski definition) is 2. The molecule has 2 atom stereocenters. The molecule has 1 aromatic carbocycles. The van der Waals surface area contributed by atoms with Gasteiger partial charge in [0.1, 0.15) is 5.82 Å². The fraction of sp³-hybridized carbons (Fsp3) is 0.500. The van der Waals surface area contributed by atoms with Crippen LogP contribution in [0.15, 0.2) is 18.2 Å². The molecule has 1 N–H and O–H groups in total. The van der Waals surface area contributed by atoms with E-state index in [1.165, 1.54) is 18.2 Å². The fourth-order valence-electron chi connectivity index (χ4n) is 2.01. The Labute approximate surface area is 99.0 Å². The molecule has 0 aromatic heterocycles. The van der Waals surface area contributed by atoms with Crippen LogP contribution in [0.2, 0.25) is 5.02 Å². The predicted octanol–water partition coefficient (Wildman–Crippen LogP) is 2.94. The Morgan fingerprint density at radius 1 is 1.50 bits per heavy atom. The molecule has 0 bridgehead atoms. The van der Waals surface area contributed by atoms with Crippen LogP contribution in [0.4, 0.5) is 4.39 Å². The molecule has 88 valence electrons. The topological polar surface area (TPSA) is 29.5 Å². The molecule has 0 amide bonds. The van der Waals surface area contributed by atoms with Crippen molar-refractivity contribution < 1.29 is 14.2 Å². The number of aliphatic hydroxyl groups excluding tert-OH is 1. The lowest BCUT2D eigenvalue weighted by molar-refractivity contribution is -0.0112. The van der Waals surface area contributed by atoms with E-state index in [2.05, 4.69) is 0 Å². The van der Waals surface area contributed by atoms with E-state index in [0.717, 1.165) is 19.4 Å². The minimum atomic E-state index is -0.834. The molecule has 2 nitrogen and oxygen atoms in total. The van der Waals surface area contributed by atoms with Crippen LogP contribution in [-0.4, -0.2) is 18.3 Å². The molecule has 4 heteroatoms. The van der Waals surface area contributed by atoms with Gasteiger partial charge in [-0.05, 0) is 31.0 Å². The summed E-state index contributed by atoms with van der Waals surface area (Å²) in [4.78, 5) is 0. The maximum Gasteiger partial charge on any atom is 0.129 e. The fourth-order valence-corrected chi connectivity index (χ4v) is 2.19. The average molecular weight is 245 g/mol. The first-order valence-electron chi connectivity index (χ1n) is 5.39. The minimum absolute atomic E-state index is 0.0401. The maximum absolute atomic E-state index is 13.5. The first-order valence-corrected chi connectivity index (χ1v) is 5.77. The van der Waals surface area contributed by atoms with Gasteiger partial charge in [-0.2, -0.15) is 0 Å². The van der Waals surface area contributed by atoms with Gasteiger partial charge in [-0.15, -0.1) is 0 Å². The Morgan fingerprint density at radius 2 is 2.31 bits per heavy atom. The maximum atomic E-state index is 13.5. The molecule has 16 heavy (non-hydrogen) atoms. The molecule has 1 aliphatic heterocycles. The molecule has 0 spiro atoms. The molecular weight excluding hydrogens is 231 g/mol. The zero-order valence-corrected chi connectivity index (χ0v) is 9.58. The molecule has 1 fully saturated rings. The van der Waals surface area contributed by atoms with Crippen LogP contribution in [0.1, 0.15) is 24.5 Å². The van der Waals surface area contributed by atoms with Gasteiger partial charge in [0.2, 0.25) is 0 Å². The number of rotatable bonds is 2. The molecule has 1 saturated heterocycles. The summed E-state index contributed by atoms with van der Waals surface area (Å²) >= 11 is 5.79. The van der Waals surface area contributed by atoms with Gasteiger partial charge in [0.05, 0.1) is 12.7 Å². The summed E-state index contributed by atoms with van der Waals surface area (Å²) in [5, 5.41) is 10.5. The van der Waals surface area contributed by atoms with Gasteiger partial charge in [-0.1, -0.05) is 11.6 Å². The van der Waals surface area contributed by atoms with Gasteiger partial charge in [0, 0.05) is 23.1 Å². The van der Waals surface area contributed by atoms with Crippen LogP contribution in [0.3, 0.4) is 0 Å². The van der Waals surface area contributed by atoms with Crippen LogP contribution in [0.5, 0.6) is 0 Å². The van der Waals surface area contributed by atoms with Crippen molar-refractivity contribution in [1.29, 1.82) is 0 Å². The molecule has 0 aliphatic carbocycles. The van der Waals surface area contributed by atoms with Crippen LogP contribution >= 0.6 is 11.6 Å². The molecule has 2 unspecified atom stereocenters. The third kappa shape index (κ3) is 2.54. The molecular formula is C12H14ClFO2. The molecule has 2 rings (SSSR count). The number of hydrogen-bond donors (Lipinski definition) is 1. The average Bonchev–Trinajstić information content (AvgIpc) is 2.32. The van der Waals surface area contributed by atoms with Crippen LogP contribution in [-0.2, 0) is 4.74 Å². The number of aliphatic hydroxyl groups is 1. The van der Waals surface area contributed by atoms with Crippen molar-refractivity contribution in [2.24, 2.45) is 5.92 Å². The van der Waals surface area contributed by atoms with Crippen molar-refractivity contribution in [2.75, 3.05) is 13.2 Å². The van der Waals surface area contributed by atoms with Crippen molar-refractivity contribution >= 4 is 11.6 Å². The van der Waals surface area contributed by atoms with E-state index in [0.29, 0.717) is 11.6 Å². The minimum Gasteiger partial charge on any atom is -0.388 e. The Morgan fingerprint density at radius 3 is 3.00 bits per heavy atom. The Hall–Kier alpha value is -0.640. The smallest absolute Gasteiger partial charge is 0.129 e. The lowest BCUT2D eigenvalue weighted by Crippen LogP contribution is -2.24. The van der Waals surface area contributed by atoms with Crippen molar-refractivity contribution in [3.63, 3.8) is 0 Å². The van der Waals surface area contributed by atoms with E-state index >= 15 is 0 Å². The largest absolute Gasteiger partial charge is 0.388 e. The molecule has 0 radical (unpaired) electrons. The Bertz CT molecular complexity index is 364. The first kappa shape index (κ1) is 11.8. The quantitative estimate of drug-likeness (QED) is 0.867. The predicted molar refractivity (Wildman–Crippen MR) is 59.9 cm³/mol. The van der Waals surface area contributed by atoms with Gasteiger partial charge in [0.25, 0.3) is 0 Å². The second-order valence-corrected chi connectivity index (χ2v) is 4.52.